The summed E-state index contributed by atoms with van der Waals surface area (Å²) in [5, 5.41) is 0. The molecule has 1 rings (SSSR count). The highest BCUT2D eigenvalue weighted by Crippen LogP contribution is 2.13. The Morgan fingerprint density at radius 1 is 1.67 bits per heavy atom. The quantitative estimate of drug-likeness (QED) is 0.640. The third-order valence-corrected chi connectivity index (χ3v) is 2.89. The fourth-order valence-electron chi connectivity index (χ4n) is 1.71. The molecule has 5 heteroatoms. The molecule has 0 spiro atoms. The zero-order valence-corrected chi connectivity index (χ0v) is 9.48. The normalized spacial score (nSPS) is 30.1. The number of amides is 1. The number of nitrogens with zero attached hydrogens (tertiary/aromatic N) is 1. The molecule has 1 aliphatic heterocycles. The standard InChI is InChI=1S/C10H21N3O2/c1-7(10(12)14)4-13-5-9(3-11)15-6-8(13)2/h7-9H,3-6,11H2,1-2H3,(H2,12,14). The van der Waals surface area contributed by atoms with Gasteiger partial charge in [-0.3, -0.25) is 9.69 Å². The van der Waals surface area contributed by atoms with E-state index >= 15 is 0 Å². The number of primary amides is 1. The van der Waals surface area contributed by atoms with Crippen molar-refractivity contribution in [3.63, 3.8) is 0 Å². The molecule has 1 amide bonds. The van der Waals surface area contributed by atoms with Crippen molar-refractivity contribution in [1.82, 2.24) is 4.90 Å². The smallest absolute Gasteiger partial charge is 0.221 e. The average Bonchev–Trinajstić information content (AvgIpc) is 2.21. The Bertz CT molecular complexity index is 223. The van der Waals surface area contributed by atoms with E-state index in [-0.39, 0.29) is 17.9 Å². The van der Waals surface area contributed by atoms with Crippen molar-refractivity contribution in [1.29, 1.82) is 0 Å². The van der Waals surface area contributed by atoms with Gasteiger partial charge in [-0.15, -0.1) is 0 Å². The summed E-state index contributed by atoms with van der Waals surface area (Å²) in [5.41, 5.74) is 10.8. The van der Waals surface area contributed by atoms with Crippen LogP contribution in [0.25, 0.3) is 0 Å². The molecule has 1 heterocycles. The number of nitrogens with two attached hydrogens (primary N) is 2. The van der Waals surface area contributed by atoms with Crippen LogP contribution in [0, 0.1) is 5.92 Å². The number of carbonyl (C=O) groups excluding carboxylic acids is 1. The Kier molecular flexibility index (Phi) is 4.50. The number of carbonyl (C=O) groups is 1. The SMILES string of the molecule is CC(CN1CC(CN)OCC1C)C(N)=O. The van der Waals surface area contributed by atoms with Crippen LogP contribution in [0.1, 0.15) is 13.8 Å². The molecule has 4 N–H and O–H groups in total. The van der Waals surface area contributed by atoms with E-state index in [0.717, 1.165) is 6.54 Å². The fourth-order valence-corrected chi connectivity index (χ4v) is 1.71. The molecule has 0 bridgehead atoms. The number of rotatable bonds is 4. The number of morpholine rings is 1. The lowest BCUT2D eigenvalue weighted by molar-refractivity contribution is -0.123. The maximum absolute atomic E-state index is 11.0. The van der Waals surface area contributed by atoms with E-state index in [1.54, 1.807) is 0 Å². The number of hydrogen-bond donors (Lipinski definition) is 2. The van der Waals surface area contributed by atoms with Gasteiger partial charge in [0.05, 0.1) is 12.7 Å². The van der Waals surface area contributed by atoms with Crippen molar-refractivity contribution in [2.24, 2.45) is 17.4 Å². The van der Waals surface area contributed by atoms with Crippen LogP contribution >= 0.6 is 0 Å². The molecule has 0 saturated carbocycles. The van der Waals surface area contributed by atoms with E-state index < -0.39 is 0 Å². The first-order chi connectivity index (χ1) is 7.04. The molecular weight excluding hydrogens is 194 g/mol. The fraction of sp³-hybridized carbons (Fsp3) is 0.900. The molecule has 3 unspecified atom stereocenters. The Hall–Kier alpha value is -0.650. The summed E-state index contributed by atoms with van der Waals surface area (Å²) in [6, 6.07) is 0.328. The average molecular weight is 215 g/mol. The highest BCUT2D eigenvalue weighted by atomic mass is 16.5. The van der Waals surface area contributed by atoms with E-state index in [1.807, 2.05) is 6.92 Å². The minimum absolute atomic E-state index is 0.0845. The first kappa shape index (κ1) is 12.4. The van der Waals surface area contributed by atoms with Crippen LogP contribution < -0.4 is 11.5 Å². The number of hydrogen-bond acceptors (Lipinski definition) is 4. The maximum atomic E-state index is 11.0. The van der Waals surface area contributed by atoms with Gasteiger partial charge in [0.25, 0.3) is 0 Å². The van der Waals surface area contributed by atoms with Gasteiger partial charge in [-0.25, -0.2) is 0 Å². The lowest BCUT2D eigenvalue weighted by Crippen LogP contribution is -2.52. The maximum Gasteiger partial charge on any atom is 0.221 e. The summed E-state index contributed by atoms with van der Waals surface area (Å²) in [7, 11) is 0. The zero-order chi connectivity index (χ0) is 11.4. The molecule has 0 aliphatic carbocycles. The van der Waals surface area contributed by atoms with Gasteiger partial charge in [-0.2, -0.15) is 0 Å². The van der Waals surface area contributed by atoms with Crippen molar-refractivity contribution in [2.75, 3.05) is 26.2 Å². The molecule has 1 aliphatic rings. The van der Waals surface area contributed by atoms with Crippen LogP contribution in [-0.4, -0.2) is 49.2 Å². The highest BCUT2D eigenvalue weighted by molar-refractivity contribution is 5.76. The van der Waals surface area contributed by atoms with Crippen molar-refractivity contribution in [3.05, 3.63) is 0 Å². The zero-order valence-electron chi connectivity index (χ0n) is 9.48. The monoisotopic (exact) mass is 215 g/mol. The summed E-state index contributed by atoms with van der Waals surface area (Å²) >= 11 is 0. The largest absolute Gasteiger partial charge is 0.374 e. The summed E-state index contributed by atoms with van der Waals surface area (Å²) in [6.45, 7) is 6.61. The second-order valence-corrected chi connectivity index (χ2v) is 4.30. The summed E-state index contributed by atoms with van der Waals surface area (Å²) < 4.78 is 5.53. The third kappa shape index (κ3) is 3.44. The van der Waals surface area contributed by atoms with Crippen LogP contribution in [0.4, 0.5) is 0 Å². The first-order valence-corrected chi connectivity index (χ1v) is 5.39. The Morgan fingerprint density at radius 3 is 2.87 bits per heavy atom. The molecule has 88 valence electrons. The van der Waals surface area contributed by atoms with Crippen molar-refractivity contribution in [2.45, 2.75) is 26.0 Å². The van der Waals surface area contributed by atoms with Crippen molar-refractivity contribution >= 4 is 5.91 Å². The molecule has 0 aromatic carbocycles. The highest BCUT2D eigenvalue weighted by Gasteiger charge is 2.27. The molecule has 5 nitrogen and oxygen atoms in total. The van der Waals surface area contributed by atoms with E-state index in [1.165, 1.54) is 0 Å². The Balaban J connectivity index is 2.47. The first-order valence-electron chi connectivity index (χ1n) is 5.39. The van der Waals surface area contributed by atoms with E-state index in [2.05, 4.69) is 11.8 Å². The molecular formula is C10H21N3O2. The predicted molar refractivity (Wildman–Crippen MR) is 58.2 cm³/mol. The van der Waals surface area contributed by atoms with Gasteiger partial charge in [0.2, 0.25) is 5.91 Å². The van der Waals surface area contributed by atoms with Crippen LogP contribution in [0.5, 0.6) is 0 Å². The van der Waals surface area contributed by atoms with Crippen LogP contribution in [0.15, 0.2) is 0 Å². The van der Waals surface area contributed by atoms with Gasteiger partial charge in [-0.05, 0) is 6.92 Å². The molecule has 1 saturated heterocycles. The van der Waals surface area contributed by atoms with E-state index in [0.29, 0.717) is 25.7 Å². The predicted octanol–water partition coefficient (Wildman–Crippen LogP) is -0.844. The van der Waals surface area contributed by atoms with Gasteiger partial charge in [0.1, 0.15) is 0 Å². The van der Waals surface area contributed by atoms with Crippen LogP contribution in [0.2, 0.25) is 0 Å². The van der Waals surface area contributed by atoms with E-state index in [9.17, 15) is 4.79 Å². The van der Waals surface area contributed by atoms with Gasteiger partial charge >= 0.3 is 0 Å². The summed E-state index contributed by atoms with van der Waals surface area (Å²) in [5.74, 6) is -0.373. The molecule has 15 heavy (non-hydrogen) atoms. The van der Waals surface area contributed by atoms with Gasteiger partial charge < -0.3 is 16.2 Å². The second-order valence-electron chi connectivity index (χ2n) is 4.30. The minimum Gasteiger partial charge on any atom is -0.374 e. The lowest BCUT2D eigenvalue weighted by Gasteiger charge is -2.38. The molecule has 0 aromatic rings. The van der Waals surface area contributed by atoms with Crippen molar-refractivity contribution < 1.29 is 9.53 Å². The molecule has 0 aromatic heterocycles. The Morgan fingerprint density at radius 2 is 2.33 bits per heavy atom. The van der Waals surface area contributed by atoms with Gasteiger partial charge in [0.15, 0.2) is 0 Å². The second kappa shape index (κ2) is 5.44. The summed E-state index contributed by atoms with van der Waals surface area (Å²) in [4.78, 5) is 13.2. The van der Waals surface area contributed by atoms with Crippen LogP contribution in [-0.2, 0) is 9.53 Å². The van der Waals surface area contributed by atoms with Crippen LogP contribution in [0.3, 0.4) is 0 Å². The molecule has 3 atom stereocenters. The van der Waals surface area contributed by atoms with Gasteiger partial charge in [-0.1, -0.05) is 6.92 Å². The van der Waals surface area contributed by atoms with Crippen molar-refractivity contribution in [3.8, 4) is 0 Å². The molecule has 0 radical (unpaired) electrons. The topological polar surface area (TPSA) is 81.6 Å². The summed E-state index contributed by atoms with van der Waals surface area (Å²) in [6.07, 6.45) is 0.0845. The number of ether oxygens (including phenoxy) is 1. The third-order valence-electron chi connectivity index (χ3n) is 2.89. The Labute approximate surface area is 90.7 Å². The lowest BCUT2D eigenvalue weighted by atomic mass is 10.1. The molecule has 1 fully saturated rings. The van der Waals surface area contributed by atoms with Gasteiger partial charge in [0, 0.05) is 31.6 Å². The van der Waals surface area contributed by atoms with E-state index in [4.69, 9.17) is 16.2 Å². The minimum atomic E-state index is -0.252.